The van der Waals surface area contributed by atoms with Gasteiger partial charge in [-0.2, -0.15) is 0 Å². The number of hydrogen-bond acceptors (Lipinski definition) is 4. The molecule has 4 nitrogen and oxygen atoms in total. The Morgan fingerprint density at radius 2 is 2.27 bits per heavy atom. The first kappa shape index (κ1) is 13.5. The highest BCUT2D eigenvalue weighted by atomic mass is 32.2. The van der Waals surface area contributed by atoms with Gasteiger partial charge in [0.1, 0.15) is 11.6 Å². The van der Waals surface area contributed by atoms with E-state index in [2.05, 4.69) is 46.9 Å². The molecule has 1 atom stereocenters. The van der Waals surface area contributed by atoms with Crippen LogP contribution in [-0.2, 0) is 6.42 Å². The molecule has 2 N–H and O–H groups in total. The number of anilines is 1. The zero-order valence-corrected chi connectivity index (χ0v) is 13.0. The zero-order valence-electron chi connectivity index (χ0n) is 12.2. The first-order chi connectivity index (χ1) is 10.8. The van der Waals surface area contributed by atoms with Crippen LogP contribution in [0.2, 0.25) is 0 Å². The molecule has 2 aliphatic heterocycles. The van der Waals surface area contributed by atoms with Crippen molar-refractivity contribution in [2.24, 2.45) is 0 Å². The second-order valence-electron chi connectivity index (χ2n) is 5.41. The first-order valence-corrected chi connectivity index (χ1v) is 8.49. The minimum absolute atomic E-state index is 0.0503. The van der Waals surface area contributed by atoms with E-state index in [4.69, 9.17) is 4.74 Å². The number of pyridine rings is 1. The predicted octanol–water partition coefficient (Wildman–Crippen LogP) is 3.10. The molecule has 0 bridgehead atoms. The molecule has 0 radical (unpaired) electrons. The normalized spacial score (nSPS) is 18.3. The van der Waals surface area contributed by atoms with E-state index < -0.39 is 0 Å². The van der Waals surface area contributed by atoms with Crippen molar-refractivity contribution in [1.82, 2.24) is 4.98 Å². The molecule has 1 aromatic heterocycles. The van der Waals surface area contributed by atoms with Crippen LogP contribution < -0.4 is 15.6 Å². The molecule has 0 fully saturated rings. The van der Waals surface area contributed by atoms with Crippen LogP contribution in [0.5, 0.6) is 5.75 Å². The van der Waals surface area contributed by atoms with Gasteiger partial charge in [0.2, 0.25) is 0 Å². The summed E-state index contributed by atoms with van der Waals surface area (Å²) in [6.45, 7) is 0.580. The molecule has 5 heteroatoms. The van der Waals surface area contributed by atoms with Crippen molar-refractivity contribution in [3.05, 3.63) is 63.6 Å². The van der Waals surface area contributed by atoms with Gasteiger partial charge < -0.3 is 15.0 Å². The van der Waals surface area contributed by atoms with E-state index in [0.717, 1.165) is 22.7 Å². The SMILES string of the molecule is CSc1cccc(C2C=CNc3[nH]c(=O)c4c(c32)OCC4)c1. The molecule has 1 unspecified atom stereocenters. The second-order valence-corrected chi connectivity index (χ2v) is 6.29. The molecule has 1 aromatic carbocycles. The number of nitrogens with one attached hydrogen (secondary N) is 2. The van der Waals surface area contributed by atoms with Crippen molar-refractivity contribution in [2.45, 2.75) is 17.2 Å². The van der Waals surface area contributed by atoms with Crippen LogP contribution in [0.15, 0.2) is 46.2 Å². The summed E-state index contributed by atoms with van der Waals surface area (Å²) in [4.78, 5) is 16.3. The zero-order chi connectivity index (χ0) is 15.1. The fourth-order valence-corrected chi connectivity index (χ4v) is 3.60. The van der Waals surface area contributed by atoms with E-state index in [-0.39, 0.29) is 11.5 Å². The molecule has 2 aliphatic rings. The van der Waals surface area contributed by atoms with Gasteiger partial charge in [0, 0.05) is 22.8 Å². The van der Waals surface area contributed by atoms with Gasteiger partial charge in [0.05, 0.1) is 12.2 Å². The Morgan fingerprint density at radius 1 is 1.36 bits per heavy atom. The largest absolute Gasteiger partial charge is 0.492 e. The molecule has 0 aliphatic carbocycles. The van der Waals surface area contributed by atoms with Gasteiger partial charge in [0.25, 0.3) is 5.56 Å². The lowest BCUT2D eigenvalue weighted by molar-refractivity contribution is 0.353. The van der Waals surface area contributed by atoms with Crippen molar-refractivity contribution in [3.63, 3.8) is 0 Å². The topological polar surface area (TPSA) is 54.1 Å². The van der Waals surface area contributed by atoms with Gasteiger partial charge in [-0.25, -0.2) is 0 Å². The van der Waals surface area contributed by atoms with Crippen LogP contribution >= 0.6 is 11.8 Å². The Hall–Kier alpha value is -2.14. The molecule has 0 spiro atoms. The highest BCUT2D eigenvalue weighted by Crippen LogP contribution is 2.42. The minimum atomic E-state index is -0.0503. The Labute approximate surface area is 132 Å². The number of ether oxygens (including phenoxy) is 1. The summed E-state index contributed by atoms with van der Waals surface area (Å²) in [7, 11) is 0. The fraction of sp³-hybridized carbons (Fsp3) is 0.235. The number of rotatable bonds is 2. The lowest BCUT2D eigenvalue weighted by Crippen LogP contribution is -2.19. The van der Waals surface area contributed by atoms with Gasteiger partial charge in [0.15, 0.2) is 0 Å². The number of aromatic nitrogens is 1. The van der Waals surface area contributed by atoms with Crippen molar-refractivity contribution in [3.8, 4) is 5.75 Å². The van der Waals surface area contributed by atoms with Crippen LogP contribution in [-0.4, -0.2) is 17.8 Å². The third kappa shape index (κ3) is 2.04. The minimum Gasteiger partial charge on any atom is -0.492 e. The van der Waals surface area contributed by atoms with E-state index in [1.54, 1.807) is 11.8 Å². The van der Waals surface area contributed by atoms with Crippen molar-refractivity contribution in [1.29, 1.82) is 0 Å². The van der Waals surface area contributed by atoms with E-state index in [1.807, 2.05) is 6.20 Å². The lowest BCUT2D eigenvalue weighted by Gasteiger charge is -2.24. The summed E-state index contributed by atoms with van der Waals surface area (Å²) >= 11 is 1.73. The Morgan fingerprint density at radius 3 is 3.14 bits per heavy atom. The summed E-state index contributed by atoms with van der Waals surface area (Å²) < 4.78 is 5.79. The van der Waals surface area contributed by atoms with Crippen molar-refractivity contribution < 1.29 is 4.74 Å². The second kappa shape index (κ2) is 5.25. The monoisotopic (exact) mass is 312 g/mol. The third-order valence-corrected chi connectivity index (χ3v) is 4.90. The molecule has 4 rings (SSSR count). The number of aromatic amines is 1. The molecule has 3 heterocycles. The predicted molar refractivity (Wildman–Crippen MR) is 89.1 cm³/mol. The van der Waals surface area contributed by atoms with Crippen molar-refractivity contribution in [2.75, 3.05) is 18.2 Å². The summed E-state index contributed by atoms with van der Waals surface area (Å²) in [6, 6.07) is 8.49. The average molecular weight is 312 g/mol. The van der Waals surface area contributed by atoms with Crippen LogP contribution in [0.3, 0.4) is 0 Å². The maximum absolute atomic E-state index is 12.1. The quantitative estimate of drug-likeness (QED) is 0.837. The Balaban J connectivity index is 1.90. The third-order valence-electron chi connectivity index (χ3n) is 4.18. The average Bonchev–Trinajstić information content (AvgIpc) is 3.05. The van der Waals surface area contributed by atoms with Crippen LogP contribution in [0.4, 0.5) is 5.82 Å². The van der Waals surface area contributed by atoms with E-state index in [0.29, 0.717) is 13.0 Å². The van der Waals surface area contributed by atoms with Crippen LogP contribution in [0.1, 0.15) is 22.6 Å². The van der Waals surface area contributed by atoms with E-state index in [9.17, 15) is 4.79 Å². The van der Waals surface area contributed by atoms with Crippen LogP contribution in [0, 0.1) is 0 Å². The Bertz CT molecular complexity index is 826. The lowest BCUT2D eigenvalue weighted by atomic mass is 9.88. The van der Waals surface area contributed by atoms with Crippen molar-refractivity contribution >= 4 is 17.6 Å². The molecule has 22 heavy (non-hydrogen) atoms. The van der Waals surface area contributed by atoms with Gasteiger partial charge in [-0.15, -0.1) is 11.8 Å². The Kier molecular flexibility index (Phi) is 3.22. The molecule has 0 saturated heterocycles. The molecule has 112 valence electrons. The first-order valence-electron chi connectivity index (χ1n) is 7.27. The fourth-order valence-electron chi connectivity index (χ4n) is 3.13. The molecule has 0 saturated carbocycles. The smallest absolute Gasteiger partial charge is 0.256 e. The standard InChI is InChI=1S/C17H16N2O2S/c1-22-11-4-2-3-10(9-11)12-5-7-18-16-14(12)15-13(6-8-21-15)17(20)19-16/h2-5,7,9,12H,6,8H2,1H3,(H2,18,19,20). The molecule has 0 amide bonds. The number of hydrogen-bond donors (Lipinski definition) is 2. The molecular weight excluding hydrogens is 296 g/mol. The summed E-state index contributed by atoms with van der Waals surface area (Å²) in [5.41, 5.74) is 2.95. The van der Waals surface area contributed by atoms with Gasteiger partial charge in [-0.1, -0.05) is 18.2 Å². The van der Waals surface area contributed by atoms with Gasteiger partial charge >= 0.3 is 0 Å². The van der Waals surface area contributed by atoms with E-state index >= 15 is 0 Å². The number of fused-ring (bicyclic) bond motifs is 3. The number of allylic oxidation sites excluding steroid dienone is 1. The van der Waals surface area contributed by atoms with E-state index in [1.165, 1.54) is 10.5 Å². The van der Waals surface area contributed by atoms with Gasteiger partial charge in [-0.05, 0) is 30.2 Å². The number of H-pyrrole nitrogens is 1. The maximum atomic E-state index is 12.1. The summed E-state index contributed by atoms with van der Waals surface area (Å²) in [5.74, 6) is 1.59. The highest BCUT2D eigenvalue weighted by molar-refractivity contribution is 7.98. The molecular formula is C17H16N2O2S. The highest BCUT2D eigenvalue weighted by Gasteiger charge is 2.29. The summed E-state index contributed by atoms with van der Waals surface area (Å²) in [6.07, 6.45) is 6.75. The molecule has 2 aromatic rings. The number of benzene rings is 1. The van der Waals surface area contributed by atoms with Crippen LogP contribution in [0.25, 0.3) is 0 Å². The number of thioether (sulfide) groups is 1. The summed E-state index contributed by atoms with van der Waals surface area (Å²) in [5, 5.41) is 3.14. The van der Waals surface area contributed by atoms with Gasteiger partial charge in [-0.3, -0.25) is 4.79 Å². The maximum Gasteiger partial charge on any atom is 0.256 e.